The van der Waals surface area contributed by atoms with E-state index >= 15 is 0 Å². The van der Waals surface area contributed by atoms with Gasteiger partial charge in [-0.1, -0.05) is 29.8 Å². The number of benzene rings is 2. The molecule has 94 valence electrons. The van der Waals surface area contributed by atoms with E-state index in [-0.39, 0.29) is 5.82 Å². The first-order valence-electron chi connectivity index (χ1n) is 5.44. The van der Waals surface area contributed by atoms with Gasteiger partial charge in [-0.2, -0.15) is 0 Å². The molecule has 0 radical (unpaired) electrons. The highest BCUT2D eigenvalue weighted by Gasteiger charge is 2.11. The van der Waals surface area contributed by atoms with E-state index in [2.05, 4.69) is 22.6 Å². The molecule has 0 aliphatic heterocycles. The third kappa shape index (κ3) is 3.43. The monoisotopic (exact) mass is 376 g/mol. The van der Waals surface area contributed by atoms with E-state index in [1.807, 2.05) is 24.3 Å². The van der Waals surface area contributed by atoms with Crippen LogP contribution in [0.1, 0.15) is 17.2 Å². The van der Waals surface area contributed by atoms with Crippen LogP contribution in [-0.4, -0.2) is 5.11 Å². The molecule has 0 spiro atoms. The zero-order valence-corrected chi connectivity index (χ0v) is 12.3. The standard InChI is InChI=1S/C14H11ClFIO/c15-13-8-11(16)4-1-10(13)7-14(18)9-2-5-12(17)6-3-9/h1-6,8,14,18H,7H2. The van der Waals surface area contributed by atoms with Crippen molar-refractivity contribution < 1.29 is 9.50 Å². The van der Waals surface area contributed by atoms with E-state index in [1.54, 1.807) is 6.07 Å². The molecule has 1 nitrogen and oxygen atoms in total. The Kier molecular flexibility index (Phi) is 4.59. The van der Waals surface area contributed by atoms with Gasteiger partial charge in [-0.05, 0) is 58.0 Å². The fourth-order valence-corrected chi connectivity index (χ4v) is 2.30. The zero-order valence-electron chi connectivity index (χ0n) is 9.41. The Morgan fingerprint density at radius 1 is 1.17 bits per heavy atom. The fraction of sp³-hybridized carbons (Fsp3) is 0.143. The number of aliphatic hydroxyl groups excluding tert-OH is 1. The van der Waals surface area contributed by atoms with E-state index in [1.165, 1.54) is 12.1 Å². The summed E-state index contributed by atoms with van der Waals surface area (Å²) in [5.74, 6) is -0.368. The van der Waals surface area contributed by atoms with E-state index in [4.69, 9.17) is 11.6 Å². The quantitative estimate of drug-likeness (QED) is 0.789. The van der Waals surface area contributed by atoms with Gasteiger partial charge in [0.05, 0.1) is 6.10 Å². The van der Waals surface area contributed by atoms with Gasteiger partial charge in [0, 0.05) is 15.0 Å². The predicted molar refractivity (Wildman–Crippen MR) is 79.2 cm³/mol. The zero-order chi connectivity index (χ0) is 13.1. The first kappa shape index (κ1) is 13.8. The van der Waals surface area contributed by atoms with Crippen LogP contribution < -0.4 is 0 Å². The molecule has 1 N–H and O–H groups in total. The molecule has 0 aliphatic carbocycles. The van der Waals surface area contributed by atoms with Gasteiger partial charge in [0.25, 0.3) is 0 Å². The summed E-state index contributed by atoms with van der Waals surface area (Å²) in [5, 5.41) is 10.5. The average Bonchev–Trinajstić information content (AvgIpc) is 2.33. The molecule has 2 aromatic rings. The highest BCUT2D eigenvalue weighted by Crippen LogP contribution is 2.24. The second kappa shape index (κ2) is 5.99. The van der Waals surface area contributed by atoms with Gasteiger partial charge in [-0.15, -0.1) is 0 Å². The summed E-state index contributed by atoms with van der Waals surface area (Å²) < 4.78 is 14.0. The molecular formula is C14H11ClFIO. The Labute approximate surface area is 124 Å². The Balaban J connectivity index is 2.15. The molecule has 0 fully saturated rings. The molecule has 0 saturated carbocycles. The molecule has 0 amide bonds. The van der Waals surface area contributed by atoms with Crippen molar-refractivity contribution in [3.63, 3.8) is 0 Å². The lowest BCUT2D eigenvalue weighted by Gasteiger charge is -2.12. The van der Waals surface area contributed by atoms with Crippen molar-refractivity contribution >= 4 is 34.2 Å². The molecule has 1 atom stereocenters. The summed E-state index contributed by atoms with van der Waals surface area (Å²) >= 11 is 8.14. The molecule has 4 heteroatoms. The molecule has 0 bridgehead atoms. The van der Waals surface area contributed by atoms with E-state index in [0.29, 0.717) is 11.4 Å². The number of hydrogen-bond acceptors (Lipinski definition) is 1. The predicted octanol–water partition coefficient (Wildman–Crippen LogP) is 4.36. The van der Waals surface area contributed by atoms with Crippen molar-refractivity contribution in [1.82, 2.24) is 0 Å². The highest BCUT2D eigenvalue weighted by molar-refractivity contribution is 14.1. The molecular weight excluding hydrogens is 366 g/mol. The van der Waals surface area contributed by atoms with Crippen LogP contribution in [0.5, 0.6) is 0 Å². The molecule has 0 aromatic heterocycles. The van der Waals surface area contributed by atoms with E-state index in [9.17, 15) is 9.50 Å². The van der Waals surface area contributed by atoms with Crippen molar-refractivity contribution in [1.29, 1.82) is 0 Å². The van der Waals surface area contributed by atoms with Crippen molar-refractivity contribution in [2.24, 2.45) is 0 Å². The maximum Gasteiger partial charge on any atom is 0.124 e. The number of rotatable bonds is 3. The summed E-state index contributed by atoms with van der Waals surface area (Å²) in [4.78, 5) is 0. The average molecular weight is 377 g/mol. The van der Waals surface area contributed by atoms with Crippen molar-refractivity contribution in [3.05, 3.63) is 68.0 Å². The topological polar surface area (TPSA) is 20.2 Å². The third-order valence-electron chi connectivity index (χ3n) is 2.68. The lowest BCUT2D eigenvalue weighted by molar-refractivity contribution is 0.178. The van der Waals surface area contributed by atoms with Crippen molar-refractivity contribution in [3.8, 4) is 0 Å². The third-order valence-corrected chi connectivity index (χ3v) is 3.75. The van der Waals surface area contributed by atoms with Crippen LogP contribution in [0.3, 0.4) is 0 Å². The molecule has 18 heavy (non-hydrogen) atoms. The lowest BCUT2D eigenvalue weighted by atomic mass is 10.0. The molecule has 2 aromatic carbocycles. The molecule has 1 unspecified atom stereocenters. The van der Waals surface area contributed by atoms with Crippen LogP contribution >= 0.6 is 34.2 Å². The van der Waals surface area contributed by atoms with E-state index < -0.39 is 6.10 Å². The lowest BCUT2D eigenvalue weighted by Crippen LogP contribution is -2.02. The van der Waals surface area contributed by atoms with Crippen molar-refractivity contribution in [2.45, 2.75) is 12.5 Å². The van der Waals surface area contributed by atoms with Crippen LogP contribution in [0, 0.1) is 9.39 Å². The van der Waals surface area contributed by atoms with Gasteiger partial charge in [0.15, 0.2) is 0 Å². The normalized spacial score (nSPS) is 12.4. The van der Waals surface area contributed by atoms with Crippen molar-refractivity contribution in [2.75, 3.05) is 0 Å². The number of hydrogen-bond donors (Lipinski definition) is 1. The fourth-order valence-electron chi connectivity index (χ4n) is 1.70. The van der Waals surface area contributed by atoms with Gasteiger partial charge in [0.2, 0.25) is 0 Å². The van der Waals surface area contributed by atoms with Gasteiger partial charge < -0.3 is 5.11 Å². The summed E-state index contributed by atoms with van der Waals surface area (Å²) in [6.45, 7) is 0. The SMILES string of the molecule is OC(Cc1ccc(F)cc1Cl)c1ccc(I)cc1. The van der Waals surface area contributed by atoms with Gasteiger partial charge in [0.1, 0.15) is 5.82 Å². The number of halogens is 3. The van der Waals surface area contributed by atoms with Gasteiger partial charge in [-0.3, -0.25) is 0 Å². The van der Waals surface area contributed by atoms with E-state index in [0.717, 1.165) is 14.7 Å². The molecule has 0 aliphatic rings. The van der Waals surface area contributed by atoms with Crippen LogP contribution in [0.15, 0.2) is 42.5 Å². The second-order valence-electron chi connectivity index (χ2n) is 4.01. The van der Waals surface area contributed by atoms with Crippen LogP contribution in [-0.2, 0) is 6.42 Å². The molecule has 0 heterocycles. The van der Waals surface area contributed by atoms with Crippen LogP contribution in [0.4, 0.5) is 4.39 Å². The maximum atomic E-state index is 12.9. The first-order chi connectivity index (χ1) is 8.56. The first-order valence-corrected chi connectivity index (χ1v) is 6.89. The minimum Gasteiger partial charge on any atom is -0.388 e. The van der Waals surface area contributed by atoms with Gasteiger partial charge >= 0.3 is 0 Å². The Morgan fingerprint density at radius 2 is 1.83 bits per heavy atom. The molecule has 2 rings (SSSR count). The summed E-state index contributed by atoms with van der Waals surface area (Å²) in [6.07, 6.45) is -0.260. The Morgan fingerprint density at radius 3 is 2.44 bits per heavy atom. The largest absolute Gasteiger partial charge is 0.388 e. The minimum absolute atomic E-state index is 0.347. The highest BCUT2D eigenvalue weighted by atomic mass is 127. The summed E-state index contributed by atoms with van der Waals surface area (Å²) in [6, 6.07) is 11.8. The number of aliphatic hydroxyl groups is 1. The minimum atomic E-state index is -0.634. The molecule has 0 saturated heterocycles. The summed E-state index contributed by atoms with van der Waals surface area (Å²) in [5.41, 5.74) is 1.57. The second-order valence-corrected chi connectivity index (χ2v) is 5.66. The summed E-state index contributed by atoms with van der Waals surface area (Å²) in [7, 11) is 0. The van der Waals surface area contributed by atoms with Gasteiger partial charge in [-0.25, -0.2) is 4.39 Å². The Hall–Kier alpha value is -0.650. The Bertz CT molecular complexity index is 542. The van der Waals surface area contributed by atoms with Crippen LogP contribution in [0.2, 0.25) is 5.02 Å². The maximum absolute atomic E-state index is 12.9. The smallest absolute Gasteiger partial charge is 0.124 e. The van der Waals surface area contributed by atoms with Crippen LogP contribution in [0.25, 0.3) is 0 Å².